The van der Waals surface area contributed by atoms with Crippen LogP contribution in [0.4, 0.5) is 0 Å². The molecule has 1 saturated heterocycles. The lowest BCUT2D eigenvalue weighted by Crippen LogP contribution is -2.44. The standard InChI is InChI=1S/C40H46N2O4S/c1-26-10-8-12-30(18-26)25-46-38-28(3)19-31(20-29(38)4)21-35-39(45)42(24-36(44)41-17-9-11-27(2)23-41)37(47-35)22-34(43)32-13-15-33(16-14-32)40(5,6)7/h8,10,12-16,18-22,27H,9,11,17,23-25H2,1-7H3/b35-21-,37-22-. The van der Waals surface area contributed by atoms with Gasteiger partial charge in [0.1, 0.15) is 23.6 Å². The molecule has 1 unspecified atom stereocenters. The zero-order valence-electron chi connectivity index (χ0n) is 28.7. The Bertz CT molecular complexity index is 1940. The normalized spacial score (nSPS) is 16.1. The van der Waals surface area contributed by atoms with Crippen LogP contribution in [0, 0.1) is 26.7 Å². The van der Waals surface area contributed by atoms with Crippen LogP contribution in [0.1, 0.15) is 84.3 Å². The highest BCUT2D eigenvalue weighted by Crippen LogP contribution is 2.26. The van der Waals surface area contributed by atoms with E-state index >= 15 is 0 Å². The van der Waals surface area contributed by atoms with Crippen LogP contribution in [0.3, 0.4) is 0 Å². The Hall–Kier alpha value is -4.23. The quantitative estimate of drug-likeness (QED) is 0.205. The summed E-state index contributed by atoms with van der Waals surface area (Å²) in [5.41, 5.74) is 6.47. The second-order valence-corrected chi connectivity index (χ2v) is 15.1. The summed E-state index contributed by atoms with van der Waals surface area (Å²) in [4.78, 5) is 42.6. The minimum Gasteiger partial charge on any atom is -0.488 e. The summed E-state index contributed by atoms with van der Waals surface area (Å²) in [7, 11) is 0. The lowest BCUT2D eigenvalue weighted by molar-refractivity contribution is -0.133. The van der Waals surface area contributed by atoms with Crippen LogP contribution >= 0.6 is 11.3 Å². The van der Waals surface area contributed by atoms with Crippen molar-refractivity contribution in [2.45, 2.75) is 79.9 Å². The number of ketones is 1. The molecule has 246 valence electrons. The molecule has 0 aliphatic carbocycles. The molecule has 2 heterocycles. The van der Waals surface area contributed by atoms with Crippen molar-refractivity contribution in [3.8, 4) is 5.75 Å². The highest BCUT2D eigenvalue weighted by atomic mass is 32.1. The van der Waals surface area contributed by atoms with Crippen LogP contribution in [0.5, 0.6) is 5.75 Å². The number of likely N-dealkylation sites (tertiary alicyclic amines) is 1. The number of rotatable bonds is 8. The van der Waals surface area contributed by atoms with Crippen LogP contribution in [0.15, 0.2) is 65.5 Å². The van der Waals surface area contributed by atoms with E-state index in [1.54, 1.807) is 0 Å². The van der Waals surface area contributed by atoms with Crippen LogP contribution in [-0.4, -0.2) is 34.2 Å². The maximum atomic E-state index is 13.9. The number of thiazole rings is 1. The molecule has 1 fully saturated rings. The number of amides is 1. The number of aromatic nitrogens is 1. The third kappa shape index (κ3) is 8.38. The number of benzene rings is 3. The lowest BCUT2D eigenvalue weighted by Gasteiger charge is -2.31. The number of ether oxygens (including phenoxy) is 1. The van der Waals surface area contributed by atoms with Crippen molar-refractivity contribution in [3.63, 3.8) is 0 Å². The predicted molar refractivity (Wildman–Crippen MR) is 192 cm³/mol. The first-order chi connectivity index (χ1) is 22.3. The Kier molecular flexibility index (Phi) is 10.4. The van der Waals surface area contributed by atoms with Crippen molar-refractivity contribution in [2.75, 3.05) is 13.1 Å². The monoisotopic (exact) mass is 650 g/mol. The van der Waals surface area contributed by atoms with E-state index in [-0.39, 0.29) is 29.2 Å². The Labute approximate surface area is 282 Å². The second kappa shape index (κ2) is 14.3. The fourth-order valence-corrected chi connectivity index (χ4v) is 7.22. The third-order valence-electron chi connectivity index (χ3n) is 8.78. The van der Waals surface area contributed by atoms with Gasteiger partial charge in [-0.25, -0.2) is 0 Å². The van der Waals surface area contributed by atoms with Crippen molar-refractivity contribution in [1.82, 2.24) is 9.47 Å². The summed E-state index contributed by atoms with van der Waals surface area (Å²) >= 11 is 1.24. The van der Waals surface area contributed by atoms with Crippen LogP contribution in [0.25, 0.3) is 12.2 Å². The molecule has 1 aliphatic rings. The number of carbonyl (C=O) groups is 2. The van der Waals surface area contributed by atoms with E-state index < -0.39 is 0 Å². The van der Waals surface area contributed by atoms with Gasteiger partial charge >= 0.3 is 0 Å². The van der Waals surface area contributed by atoms with E-state index in [1.165, 1.54) is 27.5 Å². The van der Waals surface area contributed by atoms with Crippen molar-refractivity contribution in [3.05, 3.63) is 119 Å². The molecule has 1 atom stereocenters. The van der Waals surface area contributed by atoms with Gasteiger partial charge in [0.05, 0.1) is 4.53 Å². The first-order valence-electron chi connectivity index (χ1n) is 16.4. The fraction of sp³-hybridized carbons (Fsp3) is 0.375. The van der Waals surface area contributed by atoms with E-state index in [2.05, 4.69) is 52.8 Å². The molecule has 0 radical (unpaired) electrons. The molecular formula is C40H46N2O4S. The maximum absolute atomic E-state index is 13.9. The highest BCUT2D eigenvalue weighted by molar-refractivity contribution is 7.07. The van der Waals surface area contributed by atoms with Crippen LogP contribution in [-0.2, 0) is 23.4 Å². The molecular weight excluding hydrogens is 605 g/mol. The summed E-state index contributed by atoms with van der Waals surface area (Å²) in [5, 5.41) is 0. The van der Waals surface area contributed by atoms with Crippen molar-refractivity contribution < 1.29 is 14.3 Å². The molecule has 0 saturated carbocycles. The van der Waals surface area contributed by atoms with Gasteiger partial charge in [0.25, 0.3) is 5.56 Å². The fourth-order valence-electron chi connectivity index (χ4n) is 6.18. The van der Waals surface area contributed by atoms with E-state index in [1.807, 2.05) is 67.3 Å². The van der Waals surface area contributed by atoms with Gasteiger partial charge in [0.15, 0.2) is 5.78 Å². The summed E-state index contributed by atoms with van der Waals surface area (Å²) in [5.74, 6) is 0.953. The van der Waals surface area contributed by atoms with E-state index in [0.717, 1.165) is 46.4 Å². The summed E-state index contributed by atoms with van der Waals surface area (Å²) < 4.78 is 8.63. The second-order valence-electron chi connectivity index (χ2n) is 14.0. The number of aryl methyl sites for hydroxylation is 3. The number of Topliss-reactive ketones (excluding diaryl/α,β-unsaturated/α-hetero) is 1. The predicted octanol–water partition coefficient (Wildman–Crippen LogP) is 6.46. The Morgan fingerprint density at radius 3 is 2.34 bits per heavy atom. The Balaban J connectivity index is 1.50. The van der Waals surface area contributed by atoms with Crippen LogP contribution < -0.4 is 19.5 Å². The van der Waals surface area contributed by atoms with E-state index in [4.69, 9.17) is 4.74 Å². The maximum Gasteiger partial charge on any atom is 0.269 e. The van der Waals surface area contributed by atoms with Gasteiger partial charge < -0.3 is 9.64 Å². The molecule has 6 nitrogen and oxygen atoms in total. The minimum atomic E-state index is -0.273. The van der Waals surface area contributed by atoms with Gasteiger partial charge in [0.2, 0.25) is 5.91 Å². The Morgan fingerprint density at radius 2 is 1.70 bits per heavy atom. The largest absolute Gasteiger partial charge is 0.488 e. The topological polar surface area (TPSA) is 68.6 Å². The highest BCUT2D eigenvalue weighted by Gasteiger charge is 2.22. The van der Waals surface area contributed by atoms with E-state index in [0.29, 0.717) is 40.4 Å². The molecule has 3 aromatic carbocycles. The molecule has 1 aromatic heterocycles. The van der Waals surface area contributed by atoms with Gasteiger partial charge in [0, 0.05) is 24.7 Å². The molecule has 1 amide bonds. The summed E-state index contributed by atoms with van der Waals surface area (Å²) in [6, 6.07) is 19.9. The molecule has 0 N–H and O–H groups in total. The third-order valence-corrected chi connectivity index (χ3v) is 9.84. The van der Waals surface area contributed by atoms with Crippen molar-refractivity contribution in [2.24, 2.45) is 5.92 Å². The van der Waals surface area contributed by atoms with Crippen molar-refractivity contribution >= 4 is 35.2 Å². The minimum absolute atomic E-state index is 0.0291. The molecule has 0 bridgehead atoms. The SMILES string of the molecule is Cc1cccc(COc2c(C)cc(/C=c3\s/c(=C\C(=O)c4ccc(C(C)(C)C)cc4)n(CC(=O)N4CCCC(C)C4)c3=O)cc2C)c1. The molecule has 5 rings (SSSR count). The number of nitrogens with zero attached hydrogens (tertiary/aromatic N) is 2. The Morgan fingerprint density at radius 1 is 1.00 bits per heavy atom. The first-order valence-corrected chi connectivity index (χ1v) is 17.3. The van der Waals surface area contributed by atoms with Gasteiger partial charge in [-0.15, -0.1) is 11.3 Å². The molecule has 7 heteroatoms. The van der Waals surface area contributed by atoms with Crippen molar-refractivity contribution in [1.29, 1.82) is 0 Å². The average molecular weight is 651 g/mol. The van der Waals surface area contributed by atoms with Gasteiger partial charge in [-0.05, 0) is 91.0 Å². The number of hydrogen-bond acceptors (Lipinski definition) is 5. The summed E-state index contributed by atoms with van der Waals surface area (Å²) in [6.45, 7) is 16.4. The van der Waals surface area contributed by atoms with Gasteiger partial charge in [-0.2, -0.15) is 0 Å². The number of hydrogen-bond donors (Lipinski definition) is 0. The van der Waals surface area contributed by atoms with Gasteiger partial charge in [-0.1, -0.05) is 81.8 Å². The smallest absolute Gasteiger partial charge is 0.269 e. The first kappa shape index (κ1) is 34.1. The summed E-state index contributed by atoms with van der Waals surface area (Å²) in [6.07, 6.45) is 5.40. The van der Waals surface area contributed by atoms with Gasteiger partial charge in [-0.3, -0.25) is 19.0 Å². The zero-order chi connectivity index (χ0) is 33.9. The molecule has 0 spiro atoms. The molecule has 47 heavy (non-hydrogen) atoms. The zero-order valence-corrected chi connectivity index (χ0v) is 29.5. The molecule has 4 aromatic rings. The van der Waals surface area contributed by atoms with E-state index in [9.17, 15) is 14.4 Å². The number of carbonyl (C=O) groups excluding carboxylic acids is 2. The lowest BCUT2D eigenvalue weighted by atomic mass is 9.86. The number of piperidine rings is 1. The van der Waals surface area contributed by atoms with Crippen LogP contribution in [0.2, 0.25) is 0 Å². The molecule has 1 aliphatic heterocycles. The average Bonchev–Trinajstić information content (AvgIpc) is 3.29.